The number of amides is 4. The Kier molecular flexibility index (Phi) is 17.0. The maximum atomic E-state index is 14.0. The number of piperidine rings is 1. The second-order valence-corrected chi connectivity index (χ2v) is 15.3. The molecule has 0 bridgehead atoms. The van der Waals surface area contributed by atoms with Crippen molar-refractivity contribution in [3.8, 4) is 0 Å². The number of benzene rings is 3. The molecule has 4 rings (SSSR count). The third-order valence-corrected chi connectivity index (χ3v) is 9.91. The van der Waals surface area contributed by atoms with Crippen LogP contribution in [0.4, 0.5) is 9.59 Å². The molecule has 6 atom stereocenters. The first kappa shape index (κ1) is 42.8. The second kappa shape index (κ2) is 21.8. The van der Waals surface area contributed by atoms with Crippen LogP contribution in [0, 0.1) is 17.8 Å². The van der Waals surface area contributed by atoms with Crippen LogP contribution in [0.15, 0.2) is 91.0 Å². The zero-order valence-electron chi connectivity index (χ0n) is 32.8. The van der Waals surface area contributed by atoms with Gasteiger partial charge in [-0.2, -0.15) is 0 Å². The minimum absolute atomic E-state index is 0.0391. The molecule has 1 aliphatic rings. The summed E-state index contributed by atoms with van der Waals surface area (Å²) in [6.07, 6.45) is -0.249. The molecule has 0 saturated carbocycles. The number of nitrogens with one attached hydrogen (secondary N) is 4. The molecule has 3 aromatic carbocycles. The monoisotopic (exact) mass is 757 g/mol. The number of hydrogen-bond acceptors (Lipinski definition) is 8. The third kappa shape index (κ3) is 14.3. The van der Waals surface area contributed by atoms with Gasteiger partial charge in [0.2, 0.25) is 11.8 Å². The Morgan fingerprint density at radius 2 is 1.11 bits per heavy atom. The molecular weight excluding hydrogens is 699 g/mol. The van der Waals surface area contributed by atoms with E-state index in [1.165, 1.54) is 0 Å². The second-order valence-electron chi connectivity index (χ2n) is 15.3. The van der Waals surface area contributed by atoms with Crippen LogP contribution in [0.5, 0.6) is 0 Å². The van der Waals surface area contributed by atoms with Crippen molar-refractivity contribution >= 4 is 24.0 Å². The van der Waals surface area contributed by atoms with Crippen molar-refractivity contribution in [2.45, 2.75) is 90.3 Å². The quantitative estimate of drug-likeness (QED) is 0.123. The zero-order chi connectivity index (χ0) is 39.7. The average Bonchev–Trinajstić information content (AvgIpc) is 3.17. The van der Waals surface area contributed by atoms with E-state index < -0.39 is 54.3 Å². The molecule has 298 valence electrons. The molecule has 1 aliphatic heterocycles. The maximum absolute atomic E-state index is 14.0. The summed E-state index contributed by atoms with van der Waals surface area (Å²) in [6, 6.07) is 24.3. The molecule has 0 aromatic heterocycles. The molecular formula is C43H59N5O7. The van der Waals surface area contributed by atoms with E-state index in [2.05, 4.69) is 26.2 Å². The normalized spacial score (nSPS) is 17.3. The summed E-state index contributed by atoms with van der Waals surface area (Å²) in [6.45, 7) is 9.42. The first-order valence-electron chi connectivity index (χ1n) is 19.3. The van der Waals surface area contributed by atoms with E-state index >= 15 is 0 Å². The summed E-state index contributed by atoms with van der Waals surface area (Å²) in [5, 5.41) is 23.7. The molecule has 4 amide bonds. The van der Waals surface area contributed by atoms with Crippen molar-refractivity contribution in [2.75, 3.05) is 26.7 Å². The lowest BCUT2D eigenvalue weighted by atomic mass is 9.91. The Bertz CT molecular complexity index is 1630. The third-order valence-electron chi connectivity index (χ3n) is 9.91. The Labute approximate surface area is 325 Å². The molecule has 3 aromatic rings. The molecule has 55 heavy (non-hydrogen) atoms. The topological polar surface area (TPSA) is 158 Å². The lowest BCUT2D eigenvalue weighted by molar-refractivity contribution is -0.126. The van der Waals surface area contributed by atoms with Gasteiger partial charge in [0, 0.05) is 12.5 Å². The van der Waals surface area contributed by atoms with Crippen LogP contribution >= 0.6 is 0 Å². The Morgan fingerprint density at radius 1 is 0.673 bits per heavy atom. The van der Waals surface area contributed by atoms with Gasteiger partial charge in [-0.3, -0.25) is 9.59 Å². The lowest BCUT2D eigenvalue weighted by Gasteiger charge is -2.34. The molecule has 5 N–H and O–H groups in total. The van der Waals surface area contributed by atoms with Crippen LogP contribution < -0.4 is 21.3 Å². The molecule has 12 heteroatoms. The van der Waals surface area contributed by atoms with Gasteiger partial charge in [-0.25, -0.2) is 9.59 Å². The lowest BCUT2D eigenvalue weighted by Crippen LogP contribution is -2.61. The molecule has 1 saturated heterocycles. The van der Waals surface area contributed by atoms with Crippen LogP contribution in [0.25, 0.3) is 0 Å². The SMILES string of the molecule is CC(C)[C@H](NC(=O)OCc1ccccc1)C(=O)N[C@@H](Cc1ccccc1)[C@H](O)[C@H](Cc1ccccc1)NC(=O)[C@@H](NC(=O)OCC1CCCN(C)C1)C(C)C. The molecule has 0 aliphatic carbocycles. The van der Waals surface area contributed by atoms with Crippen LogP contribution in [-0.4, -0.2) is 91.0 Å². The van der Waals surface area contributed by atoms with E-state index in [-0.39, 0.29) is 43.8 Å². The summed E-state index contributed by atoms with van der Waals surface area (Å²) in [5.74, 6) is -1.40. The fourth-order valence-electron chi connectivity index (χ4n) is 6.81. The van der Waals surface area contributed by atoms with Crippen LogP contribution in [0.1, 0.15) is 57.2 Å². The predicted molar refractivity (Wildman–Crippen MR) is 212 cm³/mol. The minimum atomic E-state index is -1.30. The first-order chi connectivity index (χ1) is 26.4. The smallest absolute Gasteiger partial charge is 0.408 e. The Hall–Kier alpha value is -4.94. The van der Waals surface area contributed by atoms with Crippen molar-refractivity contribution in [1.82, 2.24) is 26.2 Å². The van der Waals surface area contributed by atoms with Gasteiger partial charge in [0.25, 0.3) is 0 Å². The first-order valence-corrected chi connectivity index (χ1v) is 19.3. The molecule has 1 heterocycles. The fraction of sp³-hybridized carbons (Fsp3) is 0.488. The van der Waals surface area contributed by atoms with E-state index in [1.54, 1.807) is 13.8 Å². The van der Waals surface area contributed by atoms with E-state index in [4.69, 9.17) is 9.47 Å². The summed E-state index contributed by atoms with van der Waals surface area (Å²) < 4.78 is 11.0. The van der Waals surface area contributed by atoms with Crippen molar-refractivity contribution in [2.24, 2.45) is 17.8 Å². The number of aliphatic hydroxyl groups is 1. The number of alkyl carbamates (subject to hydrolysis) is 2. The number of hydrogen-bond donors (Lipinski definition) is 5. The number of carbonyl (C=O) groups excluding carboxylic acids is 4. The summed E-state index contributed by atoms with van der Waals surface area (Å²) >= 11 is 0. The van der Waals surface area contributed by atoms with E-state index in [1.807, 2.05) is 112 Å². The summed E-state index contributed by atoms with van der Waals surface area (Å²) in [7, 11) is 2.05. The number of nitrogens with zero attached hydrogens (tertiary/aromatic N) is 1. The van der Waals surface area contributed by atoms with Gasteiger partial charge < -0.3 is 40.7 Å². The minimum Gasteiger partial charge on any atom is -0.449 e. The highest BCUT2D eigenvalue weighted by Gasteiger charge is 2.36. The molecule has 1 fully saturated rings. The van der Waals surface area contributed by atoms with Gasteiger partial charge >= 0.3 is 12.2 Å². The zero-order valence-corrected chi connectivity index (χ0v) is 32.8. The average molecular weight is 758 g/mol. The number of ether oxygens (including phenoxy) is 2. The Balaban J connectivity index is 1.52. The standard InChI is InChI=1S/C43H59N5O7/c1-29(2)37(46-42(52)54-27-33-20-13-8-14-21-33)40(50)44-35(24-31-16-9-6-10-17-31)39(49)36(25-32-18-11-7-12-19-32)45-41(51)38(30(3)4)47-43(53)55-28-34-22-15-23-48(5)26-34/h6-14,16-21,29-30,34-39,49H,15,22-28H2,1-5H3,(H,44,50)(H,45,51)(H,46,52)(H,47,53)/t34?,35-,36-,37-,38-,39-/m0/s1. The van der Waals surface area contributed by atoms with Gasteiger partial charge in [-0.1, -0.05) is 119 Å². The van der Waals surface area contributed by atoms with Crippen molar-refractivity contribution in [3.63, 3.8) is 0 Å². The number of carbonyl (C=O) groups is 4. The van der Waals surface area contributed by atoms with Gasteiger partial charge in [0.05, 0.1) is 24.8 Å². The van der Waals surface area contributed by atoms with E-state index in [0.717, 1.165) is 42.6 Å². The molecule has 0 spiro atoms. The highest BCUT2D eigenvalue weighted by Crippen LogP contribution is 2.17. The van der Waals surface area contributed by atoms with Crippen molar-refractivity contribution in [3.05, 3.63) is 108 Å². The summed E-state index contributed by atoms with van der Waals surface area (Å²) in [5.41, 5.74) is 2.51. The van der Waals surface area contributed by atoms with Crippen LogP contribution in [0.2, 0.25) is 0 Å². The Morgan fingerprint density at radius 3 is 1.55 bits per heavy atom. The number of aliphatic hydroxyl groups excluding tert-OH is 1. The molecule has 12 nitrogen and oxygen atoms in total. The van der Waals surface area contributed by atoms with Gasteiger partial charge in [0.15, 0.2) is 0 Å². The largest absolute Gasteiger partial charge is 0.449 e. The van der Waals surface area contributed by atoms with Gasteiger partial charge in [-0.05, 0) is 67.8 Å². The number of rotatable bonds is 18. The number of likely N-dealkylation sites (tertiary alicyclic amines) is 1. The highest BCUT2D eigenvalue weighted by molar-refractivity contribution is 5.87. The van der Waals surface area contributed by atoms with Crippen molar-refractivity contribution in [1.29, 1.82) is 0 Å². The predicted octanol–water partition coefficient (Wildman–Crippen LogP) is 4.85. The molecule has 1 unspecified atom stereocenters. The van der Waals surface area contributed by atoms with E-state index in [0.29, 0.717) is 0 Å². The van der Waals surface area contributed by atoms with Crippen LogP contribution in [0.3, 0.4) is 0 Å². The highest BCUT2D eigenvalue weighted by atomic mass is 16.6. The molecule has 0 radical (unpaired) electrons. The summed E-state index contributed by atoms with van der Waals surface area (Å²) in [4.78, 5) is 56.0. The van der Waals surface area contributed by atoms with Crippen molar-refractivity contribution < 1.29 is 33.8 Å². The van der Waals surface area contributed by atoms with E-state index in [9.17, 15) is 24.3 Å². The maximum Gasteiger partial charge on any atom is 0.408 e. The van der Waals surface area contributed by atoms with Gasteiger partial charge in [0.1, 0.15) is 18.7 Å². The van der Waals surface area contributed by atoms with Crippen LogP contribution in [-0.2, 0) is 38.5 Å². The van der Waals surface area contributed by atoms with Gasteiger partial charge in [-0.15, -0.1) is 0 Å². The fourth-order valence-corrected chi connectivity index (χ4v) is 6.81.